The Balaban J connectivity index is 2.01. The molecule has 0 atom stereocenters. The maximum absolute atomic E-state index is 12.4. The molecule has 1 heterocycles. The fraction of sp³-hybridized carbons (Fsp3) is 0.263. The Bertz CT molecular complexity index is 965. The van der Waals surface area contributed by atoms with E-state index >= 15 is 0 Å². The third-order valence-electron chi connectivity index (χ3n) is 4.10. The quantitative estimate of drug-likeness (QED) is 0.723. The molecule has 0 radical (unpaired) electrons. The van der Waals surface area contributed by atoms with Crippen LogP contribution in [0.4, 0.5) is 0 Å². The van der Waals surface area contributed by atoms with E-state index in [4.69, 9.17) is 4.74 Å². The predicted molar refractivity (Wildman–Crippen MR) is 97.8 cm³/mol. The van der Waals surface area contributed by atoms with E-state index in [2.05, 4.69) is 31.0 Å². The minimum Gasteiger partial charge on any atom is -0.494 e. The van der Waals surface area contributed by atoms with E-state index in [1.165, 1.54) is 22.5 Å². The summed E-state index contributed by atoms with van der Waals surface area (Å²) < 4.78 is 8.53. The molecule has 1 aromatic heterocycles. The second kappa shape index (κ2) is 6.61. The van der Waals surface area contributed by atoms with Gasteiger partial charge in [0.1, 0.15) is 5.75 Å². The first-order valence-electron chi connectivity index (χ1n) is 7.89. The summed E-state index contributed by atoms with van der Waals surface area (Å²) in [7, 11) is 1.95. The minimum atomic E-state index is -0.241. The van der Waals surface area contributed by atoms with E-state index in [9.17, 15) is 4.79 Å². The number of aromatic nitrogens is 1. The fourth-order valence-electron chi connectivity index (χ4n) is 2.65. The molecule has 0 spiro atoms. The standard InChI is InChI=1S/C19H20N2O2S/c1-5-23-15-9-7-14(8-10-15)18(22)20-19-21(4)17-13(3)12(2)6-11-16(17)24-19/h6-11H,5H2,1-4H3. The molecule has 4 nitrogen and oxygen atoms in total. The number of benzene rings is 2. The van der Waals surface area contributed by atoms with E-state index < -0.39 is 0 Å². The predicted octanol–water partition coefficient (Wildman–Crippen LogP) is 4.00. The van der Waals surface area contributed by atoms with Crippen molar-refractivity contribution in [1.29, 1.82) is 0 Å². The summed E-state index contributed by atoms with van der Waals surface area (Å²) in [6.45, 7) is 6.73. The molecule has 1 amide bonds. The number of fused-ring (bicyclic) bond motifs is 1. The highest BCUT2D eigenvalue weighted by molar-refractivity contribution is 7.16. The van der Waals surface area contributed by atoms with Crippen LogP contribution in [0, 0.1) is 13.8 Å². The zero-order chi connectivity index (χ0) is 17.3. The summed E-state index contributed by atoms with van der Waals surface area (Å²) in [5, 5.41) is 0. The number of aryl methyl sites for hydroxylation is 3. The van der Waals surface area contributed by atoms with Crippen LogP contribution in [0.3, 0.4) is 0 Å². The van der Waals surface area contributed by atoms with Gasteiger partial charge in [0.15, 0.2) is 4.80 Å². The van der Waals surface area contributed by atoms with Crippen molar-refractivity contribution in [2.24, 2.45) is 12.0 Å². The van der Waals surface area contributed by atoms with Crippen molar-refractivity contribution in [3.63, 3.8) is 0 Å². The van der Waals surface area contributed by atoms with Crippen molar-refractivity contribution in [2.45, 2.75) is 20.8 Å². The normalized spacial score (nSPS) is 11.9. The van der Waals surface area contributed by atoms with Gasteiger partial charge in [-0.2, -0.15) is 4.99 Å². The Morgan fingerprint density at radius 3 is 2.54 bits per heavy atom. The summed E-state index contributed by atoms with van der Waals surface area (Å²) >= 11 is 1.53. The van der Waals surface area contributed by atoms with Gasteiger partial charge in [-0.25, -0.2) is 0 Å². The number of nitrogens with zero attached hydrogens (tertiary/aromatic N) is 2. The summed E-state index contributed by atoms with van der Waals surface area (Å²) in [6.07, 6.45) is 0. The average molecular weight is 340 g/mol. The van der Waals surface area contributed by atoms with Gasteiger partial charge in [0, 0.05) is 12.6 Å². The molecule has 0 saturated carbocycles. The molecule has 3 rings (SSSR count). The molecule has 24 heavy (non-hydrogen) atoms. The van der Waals surface area contributed by atoms with E-state index in [-0.39, 0.29) is 5.91 Å². The SMILES string of the molecule is CCOc1ccc(C(=O)N=c2sc3ccc(C)c(C)c3n2C)cc1. The Morgan fingerprint density at radius 2 is 1.88 bits per heavy atom. The zero-order valence-electron chi connectivity index (χ0n) is 14.3. The summed E-state index contributed by atoms with van der Waals surface area (Å²) in [4.78, 5) is 17.5. The Labute approximate surface area is 145 Å². The van der Waals surface area contributed by atoms with Crippen molar-refractivity contribution in [1.82, 2.24) is 4.57 Å². The number of hydrogen-bond donors (Lipinski definition) is 0. The Kier molecular flexibility index (Phi) is 4.53. The highest BCUT2D eigenvalue weighted by Crippen LogP contribution is 2.23. The number of amides is 1. The van der Waals surface area contributed by atoms with Crippen LogP contribution in [0.15, 0.2) is 41.4 Å². The molecular weight excluding hydrogens is 320 g/mol. The molecule has 124 valence electrons. The van der Waals surface area contributed by atoms with Crippen molar-refractivity contribution < 1.29 is 9.53 Å². The molecule has 0 aliphatic rings. The largest absolute Gasteiger partial charge is 0.494 e. The lowest BCUT2D eigenvalue weighted by Crippen LogP contribution is -2.13. The molecule has 0 N–H and O–H groups in total. The molecule has 0 fully saturated rings. The van der Waals surface area contributed by atoms with E-state index in [0.29, 0.717) is 17.0 Å². The molecule has 0 bridgehead atoms. The van der Waals surface area contributed by atoms with Crippen molar-refractivity contribution in [3.8, 4) is 5.75 Å². The molecular formula is C19H20N2O2S. The van der Waals surface area contributed by atoms with Gasteiger partial charge in [-0.05, 0) is 62.2 Å². The van der Waals surface area contributed by atoms with Gasteiger partial charge in [-0.3, -0.25) is 4.79 Å². The monoisotopic (exact) mass is 340 g/mol. The number of thiazole rings is 1. The second-order valence-electron chi connectivity index (χ2n) is 5.67. The zero-order valence-corrected chi connectivity index (χ0v) is 15.1. The van der Waals surface area contributed by atoms with Crippen LogP contribution in [0.1, 0.15) is 28.4 Å². The van der Waals surface area contributed by atoms with Crippen molar-refractivity contribution >= 4 is 27.5 Å². The lowest BCUT2D eigenvalue weighted by atomic mass is 10.1. The number of hydrogen-bond acceptors (Lipinski definition) is 3. The van der Waals surface area contributed by atoms with Crippen LogP contribution >= 0.6 is 11.3 Å². The smallest absolute Gasteiger partial charge is 0.279 e. The summed E-state index contributed by atoms with van der Waals surface area (Å²) in [5.41, 5.74) is 4.16. The minimum absolute atomic E-state index is 0.241. The van der Waals surface area contributed by atoms with Crippen LogP contribution < -0.4 is 9.54 Å². The van der Waals surface area contributed by atoms with Crippen molar-refractivity contribution in [2.75, 3.05) is 6.61 Å². The summed E-state index contributed by atoms with van der Waals surface area (Å²) in [5.74, 6) is 0.516. The number of carbonyl (C=O) groups excluding carboxylic acids is 1. The highest BCUT2D eigenvalue weighted by atomic mass is 32.1. The number of carbonyl (C=O) groups is 1. The van der Waals surface area contributed by atoms with Gasteiger partial charge in [0.2, 0.25) is 0 Å². The second-order valence-corrected chi connectivity index (χ2v) is 6.68. The van der Waals surface area contributed by atoms with Crippen LogP contribution in [0.2, 0.25) is 0 Å². The van der Waals surface area contributed by atoms with E-state index in [1.807, 2.05) is 18.5 Å². The van der Waals surface area contributed by atoms with Gasteiger partial charge in [-0.15, -0.1) is 0 Å². The molecule has 3 aromatic rings. The average Bonchev–Trinajstić information content (AvgIpc) is 2.89. The fourth-order valence-corrected chi connectivity index (χ4v) is 3.72. The first kappa shape index (κ1) is 16.5. The molecule has 0 unspecified atom stereocenters. The third-order valence-corrected chi connectivity index (χ3v) is 5.19. The summed E-state index contributed by atoms with van der Waals surface area (Å²) in [6, 6.07) is 11.3. The maximum Gasteiger partial charge on any atom is 0.279 e. The maximum atomic E-state index is 12.4. The Hall–Kier alpha value is -2.40. The van der Waals surface area contributed by atoms with Crippen LogP contribution in [0.25, 0.3) is 10.2 Å². The van der Waals surface area contributed by atoms with Crippen LogP contribution in [0.5, 0.6) is 5.75 Å². The number of rotatable bonds is 3. The van der Waals surface area contributed by atoms with Gasteiger partial charge < -0.3 is 9.30 Å². The van der Waals surface area contributed by atoms with Crippen LogP contribution in [-0.2, 0) is 7.05 Å². The van der Waals surface area contributed by atoms with E-state index in [0.717, 1.165) is 16.0 Å². The molecule has 0 aliphatic heterocycles. The third kappa shape index (κ3) is 2.99. The van der Waals surface area contributed by atoms with Gasteiger partial charge in [0.25, 0.3) is 5.91 Å². The molecule has 2 aromatic carbocycles. The molecule has 0 aliphatic carbocycles. The van der Waals surface area contributed by atoms with Gasteiger partial charge >= 0.3 is 0 Å². The first-order chi connectivity index (χ1) is 11.5. The van der Waals surface area contributed by atoms with Crippen molar-refractivity contribution in [3.05, 3.63) is 57.9 Å². The first-order valence-corrected chi connectivity index (χ1v) is 8.70. The van der Waals surface area contributed by atoms with Gasteiger partial charge in [-0.1, -0.05) is 17.4 Å². The molecule has 5 heteroatoms. The van der Waals surface area contributed by atoms with Gasteiger partial charge in [0.05, 0.1) is 16.8 Å². The highest BCUT2D eigenvalue weighted by Gasteiger charge is 2.10. The Morgan fingerprint density at radius 1 is 1.17 bits per heavy atom. The number of ether oxygens (including phenoxy) is 1. The van der Waals surface area contributed by atoms with Crippen LogP contribution in [-0.4, -0.2) is 17.1 Å². The lowest BCUT2D eigenvalue weighted by Gasteiger charge is -2.03. The topological polar surface area (TPSA) is 43.6 Å². The lowest BCUT2D eigenvalue weighted by molar-refractivity contribution is 0.0998. The molecule has 0 saturated heterocycles. The van der Waals surface area contributed by atoms with E-state index in [1.54, 1.807) is 24.3 Å².